The van der Waals surface area contributed by atoms with Gasteiger partial charge >= 0.3 is 12.3 Å². The largest absolute Gasteiger partial charge is 0.450 e. The number of alkyl halides is 3. The van der Waals surface area contributed by atoms with Crippen molar-refractivity contribution in [2.45, 2.75) is 13.1 Å². The summed E-state index contributed by atoms with van der Waals surface area (Å²) in [6.45, 7) is 0.388. The summed E-state index contributed by atoms with van der Waals surface area (Å²) in [4.78, 5) is 22.7. The molecule has 0 radical (unpaired) electrons. The van der Waals surface area contributed by atoms with Crippen LogP contribution in [0.15, 0.2) is 24.3 Å². The zero-order valence-electron chi connectivity index (χ0n) is 10.6. The highest BCUT2D eigenvalue weighted by Crippen LogP contribution is 2.14. The highest BCUT2D eigenvalue weighted by Gasteiger charge is 2.27. The van der Waals surface area contributed by atoms with E-state index in [1.807, 2.05) is 0 Å². The van der Waals surface area contributed by atoms with Crippen molar-refractivity contribution < 1.29 is 27.5 Å². The van der Waals surface area contributed by atoms with Crippen molar-refractivity contribution in [3.63, 3.8) is 0 Å². The second-order valence-corrected chi connectivity index (χ2v) is 3.72. The molecule has 0 saturated heterocycles. The lowest BCUT2D eigenvalue weighted by molar-refractivity contribution is -0.123. The number of hydrogen-bond acceptors (Lipinski definition) is 3. The minimum atomic E-state index is -4.48. The van der Waals surface area contributed by atoms with Crippen LogP contribution in [0.5, 0.6) is 0 Å². The normalized spacial score (nSPS) is 10.8. The molecular weight excluding hydrogens is 277 g/mol. The van der Waals surface area contributed by atoms with E-state index in [2.05, 4.69) is 10.1 Å². The Morgan fingerprint density at radius 1 is 1.30 bits per heavy atom. The molecule has 1 aromatic rings. The molecule has 2 N–H and O–H groups in total. The van der Waals surface area contributed by atoms with Crippen molar-refractivity contribution in [1.29, 1.82) is 0 Å². The molecule has 0 saturated carbocycles. The van der Waals surface area contributed by atoms with Gasteiger partial charge in [0.05, 0.1) is 6.61 Å². The Morgan fingerprint density at radius 3 is 2.60 bits per heavy atom. The standard InChI is InChI=1S/C12H13F3N2O3/c1-2-20-11(19)17-9-5-3-4-8(6-9)10(18)16-7-12(13,14)15/h3-6H,2,7H2,1H3,(H,16,18)(H,17,19). The fourth-order valence-electron chi connectivity index (χ4n) is 1.31. The lowest BCUT2D eigenvalue weighted by Crippen LogP contribution is -2.33. The molecule has 5 nitrogen and oxygen atoms in total. The first-order valence-electron chi connectivity index (χ1n) is 5.70. The van der Waals surface area contributed by atoms with E-state index >= 15 is 0 Å². The molecule has 0 spiro atoms. The third-order valence-electron chi connectivity index (χ3n) is 2.10. The van der Waals surface area contributed by atoms with Gasteiger partial charge in [-0.15, -0.1) is 0 Å². The van der Waals surface area contributed by atoms with E-state index in [1.54, 1.807) is 12.2 Å². The van der Waals surface area contributed by atoms with Gasteiger partial charge in [0, 0.05) is 11.3 Å². The Kier molecular flexibility index (Phi) is 5.36. The first-order valence-corrected chi connectivity index (χ1v) is 5.70. The van der Waals surface area contributed by atoms with Crippen LogP contribution in [0.1, 0.15) is 17.3 Å². The van der Waals surface area contributed by atoms with Crippen molar-refractivity contribution in [3.05, 3.63) is 29.8 Å². The van der Waals surface area contributed by atoms with Crippen LogP contribution < -0.4 is 10.6 Å². The summed E-state index contributed by atoms with van der Waals surface area (Å²) in [7, 11) is 0. The minimum Gasteiger partial charge on any atom is -0.450 e. The fourth-order valence-corrected chi connectivity index (χ4v) is 1.31. The van der Waals surface area contributed by atoms with Gasteiger partial charge in [-0.25, -0.2) is 4.79 Å². The zero-order chi connectivity index (χ0) is 15.2. The topological polar surface area (TPSA) is 67.4 Å². The molecule has 8 heteroatoms. The van der Waals surface area contributed by atoms with Gasteiger partial charge in [0.15, 0.2) is 0 Å². The molecule has 0 aliphatic rings. The predicted molar refractivity (Wildman–Crippen MR) is 65.5 cm³/mol. The van der Waals surface area contributed by atoms with Crippen molar-refractivity contribution in [2.24, 2.45) is 0 Å². The molecule has 2 amide bonds. The van der Waals surface area contributed by atoms with Crippen LogP contribution in [-0.4, -0.2) is 31.3 Å². The van der Waals surface area contributed by atoms with Gasteiger partial charge in [0.2, 0.25) is 0 Å². The molecule has 1 rings (SSSR count). The van der Waals surface area contributed by atoms with E-state index in [1.165, 1.54) is 24.3 Å². The molecule has 0 aliphatic heterocycles. The van der Waals surface area contributed by atoms with E-state index in [4.69, 9.17) is 0 Å². The summed E-state index contributed by atoms with van der Waals surface area (Å²) in [6, 6.07) is 5.51. The van der Waals surface area contributed by atoms with Crippen molar-refractivity contribution in [3.8, 4) is 0 Å². The number of carbonyl (C=O) groups excluding carboxylic acids is 2. The van der Waals surface area contributed by atoms with Crippen LogP contribution in [0.3, 0.4) is 0 Å². The summed E-state index contributed by atoms with van der Waals surface area (Å²) in [5.41, 5.74) is 0.256. The summed E-state index contributed by atoms with van der Waals surface area (Å²) < 4.78 is 40.6. The molecule has 0 unspecified atom stereocenters. The van der Waals surface area contributed by atoms with Crippen LogP contribution in [0, 0.1) is 0 Å². The van der Waals surface area contributed by atoms with Crippen LogP contribution in [0.2, 0.25) is 0 Å². The van der Waals surface area contributed by atoms with Gasteiger partial charge < -0.3 is 10.1 Å². The highest BCUT2D eigenvalue weighted by atomic mass is 19.4. The van der Waals surface area contributed by atoms with Gasteiger partial charge in [-0.2, -0.15) is 13.2 Å². The molecule has 0 aromatic heterocycles. The molecule has 0 fully saturated rings. The molecule has 0 bridgehead atoms. The number of carbonyl (C=O) groups is 2. The Morgan fingerprint density at radius 2 is 2.00 bits per heavy atom. The number of hydrogen-bond donors (Lipinski definition) is 2. The number of rotatable bonds is 4. The number of ether oxygens (including phenoxy) is 1. The van der Waals surface area contributed by atoms with Crippen molar-refractivity contribution in [2.75, 3.05) is 18.5 Å². The van der Waals surface area contributed by atoms with E-state index in [9.17, 15) is 22.8 Å². The summed E-state index contributed by atoms with van der Waals surface area (Å²) >= 11 is 0. The third-order valence-corrected chi connectivity index (χ3v) is 2.10. The molecular formula is C12H13F3N2O3. The maximum absolute atomic E-state index is 12.0. The van der Waals surface area contributed by atoms with Crippen LogP contribution in [0.25, 0.3) is 0 Å². The number of benzene rings is 1. The van der Waals surface area contributed by atoms with E-state index < -0.39 is 24.7 Å². The van der Waals surface area contributed by atoms with Crippen LogP contribution >= 0.6 is 0 Å². The average Bonchev–Trinajstić information content (AvgIpc) is 2.35. The van der Waals surface area contributed by atoms with Gasteiger partial charge in [0.1, 0.15) is 6.54 Å². The summed E-state index contributed by atoms with van der Waals surface area (Å²) in [6.07, 6.45) is -5.18. The van der Waals surface area contributed by atoms with E-state index in [0.29, 0.717) is 0 Å². The smallest absolute Gasteiger partial charge is 0.411 e. The van der Waals surface area contributed by atoms with Gasteiger partial charge in [0.25, 0.3) is 5.91 Å². The number of halogens is 3. The molecule has 20 heavy (non-hydrogen) atoms. The minimum absolute atomic E-state index is 0.00329. The molecule has 0 heterocycles. The molecule has 1 aromatic carbocycles. The van der Waals surface area contributed by atoms with Crippen LogP contribution in [0.4, 0.5) is 23.7 Å². The Bertz CT molecular complexity index is 489. The number of amides is 2. The lowest BCUT2D eigenvalue weighted by atomic mass is 10.2. The number of nitrogens with one attached hydrogen (secondary N) is 2. The van der Waals surface area contributed by atoms with Gasteiger partial charge in [-0.3, -0.25) is 10.1 Å². The van der Waals surface area contributed by atoms with Crippen molar-refractivity contribution >= 4 is 17.7 Å². The van der Waals surface area contributed by atoms with Crippen molar-refractivity contribution in [1.82, 2.24) is 5.32 Å². The SMILES string of the molecule is CCOC(=O)Nc1cccc(C(=O)NCC(F)(F)F)c1. The maximum atomic E-state index is 12.0. The Hall–Kier alpha value is -2.25. The summed E-state index contributed by atoms with van der Waals surface area (Å²) in [5, 5.41) is 4.08. The Balaban J connectivity index is 2.67. The van der Waals surface area contributed by atoms with E-state index in [0.717, 1.165) is 0 Å². The fraction of sp³-hybridized carbons (Fsp3) is 0.333. The quantitative estimate of drug-likeness (QED) is 0.895. The maximum Gasteiger partial charge on any atom is 0.411 e. The first-order chi connectivity index (χ1) is 9.31. The lowest BCUT2D eigenvalue weighted by Gasteiger charge is -2.09. The molecule has 0 atom stereocenters. The predicted octanol–water partition coefficient (Wildman–Crippen LogP) is 2.55. The third kappa shape index (κ3) is 5.59. The first kappa shape index (κ1) is 15.8. The molecule has 110 valence electrons. The van der Waals surface area contributed by atoms with Crippen LogP contribution in [-0.2, 0) is 4.74 Å². The Labute approximate surface area is 113 Å². The van der Waals surface area contributed by atoms with Gasteiger partial charge in [-0.1, -0.05) is 6.07 Å². The zero-order valence-corrected chi connectivity index (χ0v) is 10.6. The molecule has 0 aliphatic carbocycles. The second kappa shape index (κ2) is 6.78. The highest BCUT2D eigenvalue weighted by molar-refractivity contribution is 5.96. The monoisotopic (exact) mass is 290 g/mol. The second-order valence-electron chi connectivity index (χ2n) is 3.72. The number of anilines is 1. The average molecular weight is 290 g/mol. The van der Waals surface area contributed by atoms with Gasteiger partial charge in [-0.05, 0) is 25.1 Å². The van der Waals surface area contributed by atoms with E-state index in [-0.39, 0.29) is 17.9 Å². The summed E-state index contributed by atoms with van der Waals surface area (Å²) in [5.74, 6) is -0.880.